The molecular weight excluding hydrogens is 726 g/mol. The maximum Gasteiger partial charge on any atom is 0.343 e. The van der Waals surface area contributed by atoms with Gasteiger partial charge in [0, 0.05) is 27.4 Å². The van der Waals surface area contributed by atoms with Crippen LogP contribution in [0.15, 0.2) is 72.8 Å². The van der Waals surface area contributed by atoms with Crippen molar-refractivity contribution in [2.45, 2.75) is 22.5 Å². The van der Waals surface area contributed by atoms with Crippen molar-refractivity contribution in [2.24, 2.45) is 11.8 Å². The standard InChI is InChI=1S/C30H22Br2ClN3O8/c31-23-13-21-22(14-24(23)32)29(40)35(28(21)39)34(27(38)20-3-1-2-4-25(20)33)15-26(37)16-7-11-19(12-8-16)44-30(41)17-5-9-18(10-6-17)36(42)43/h1-12,21-24H,13-15H2/t21-,22-,23+,24+/m1/s1. The van der Waals surface area contributed by atoms with Crippen molar-refractivity contribution < 1.29 is 33.6 Å². The molecule has 3 amide bonds. The molecule has 2 aliphatic rings. The summed E-state index contributed by atoms with van der Waals surface area (Å²) < 4.78 is 5.30. The molecule has 44 heavy (non-hydrogen) atoms. The summed E-state index contributed by atoms with van der Waals surface area (Å²) >= 11 is 13.4. The van der Waals surface area contributed by atoms with Gasteiger partial charge < -0.3 is 4.74 Å². The van der Waals surface area contributed by atoms with Crippen molar-refractivity contribution in [1.82, 2.24) is 10.0 Å². The van der Waals surface area contributed by atoms with Gasteiger partial charge >= 0.3 is 5.97 Å². The van der Waals surface area contributed by atoms with Crippen LogP contribution in [-0.2, 0) is 9.59 Å². The second-order valence-corrected chi connectivity index (χ2v) is 12.9. The summed E-state index contributed by atoms with van der Waals surface area (Å²) in [7, 11) is 0. The SMILES string of the molecule is O=C(CN(C(=O)c1ccccc1Cl)N1C(=O)[C@@H]2C[C@H](Br)[C@@H](Br)C[C@H]2C1=O)c1ccc(OC(=O)c2ccc([N+](=O)[O-])cc2)cc1. The average molecular weight is 748 g/mol. The van der Waals surface area contributed by atoms with Gasteiger partial charge in [-0.3, -0.25) is 29.3 Å². The topological polar surface area (TPSA) is 144 Å². The largest absolute Gasteiger partial charge is 0.423 e. The third kappa shape index (κ3) is 6.30. The number of hydrogen-bond acceptors (Lipinski definition) is 8. The van der Waals surface area contributed by atoms with E-state index < -0.39 is 52.8 Å². The van der Waals surface area contributed by atoms with Crippen molar-refractivity contribution in [1.29, 1.82) is 0 Å². The van der Waals surface area contributed by atoms with E-state index in [2.05, 4.69) is 31.9 Å². The summed E-state index contributed by atoms with van der Waals surface area (Å²) in [5.41, 5.74) is 0.0435. The average Bonchev–Trinajstić information content (AvgIpc) is 3.24. The van der Waals surface area contributed by atoms with Crippen LogP contribution >= 0.6 is 43.5 Å². The third-order valence-electron chi connectivity index (χ3n) is 7.46. The number of amides is 3. The first-order chi connectivity index (χ1) is 21.0. The number of nitrogens with zero attached hydrogens (tertiary/aromatic N) is 3. The number of alkyl halides is 2. The minimum absolute atomic E-state index is 0.0164. The molecule has 1 saturated heterocycles. The lowest BCUT2D eigenvalue weighted by atomic mass is 9.81. The number of ketones is 1. The van der Waals surface area contributed by atoms with Crippen LogP contribution in [-0.4, -0.2) is 60.6 Å². The van der Waals surface area contributed by atoms with Crippen LogP contribution in [0, 0.1) is 22.0 Å². The Morgan fingerprint density at radius 1 is 0.886 bits per heavy atom. The van der Waals surface area contributed by atoms with Gasteiger partial charge in [0.15, 0.2) is 5.78 Å². The van der Waals surface area contributed by atoms with Crippen molar-refractivity contribution >= 4 is 78.6 Å². The van der Waals surface area contributed by atoms with Gasteiger partial charge in [0.25, 0.3) is 23.4 Å². The summed E-state index contributed by atoms with van der Waals surface area (Å²) in [5.74, 6) is -4.48. The molecular formula is C30H22Br2ClN3O8. The molecule has 14 heteroatoms. The molecule has 0 bridgehead atoms. The van der Waals surface area contributed by atoms with Crippen LogP contribution in [0.2, 0.25) is 5.02 Å². The van der Waals surface area contributed by atoms with Gasteiger partial charge in [-0.05, 0) is 61.4 Å². The first-order valence-electron chi connectivity index (χ1n) is 13.3. The molecule has 1 aliphatic heterocycles. The van der Waals surface area contributed by atoms with E-state index in [-0.39, 0.29) is 42.8 Å². The Morgan fingerprint density at radius 2 is 1.43 bits per heavy atom. The summed E-state index contributed by atoms with van der Waals surface area (Å²) in [5, 5.41) is 12.6. The number of halogens is 3. The van der Waals surface area contributed by atoms with E-state index in [1.807, 2.05) is 0 Å². The van der Waals surface area contributed by atoms with Crippen molar-refractivity contribution in [2.75, 3.05) is 6.54 Å². The summed E-state index contributed by atoms with van der Waals surface area (Å²) in [6.45, 7) is -0.640. The highest BCUT2D eigenvalue weighted by Crippen LogP contribution is 2.44. The molecule has 3 aromatic rings. The zero-order valence-corrected chi connectivity index (χ0v) is 26.5. The molecule has 4 atom stereocenters. The number of nitro benzene ring substituents is 1. The molecule has 1 saturated carbocycles. The van der Waals surface area contributed by atoms with E-state index in [0.717, 1.165) is 10.0 Å². The fraction of sp³-hybridized carbons (Fsp3) is 0.233. The maximum absolute atomic E-state index is 13.7. The van der Waals surface area contributed by atoms with Gasteiger partial charge in [-0.2, -0.15) is 5.01 Å². The fourth-order valence-corrected chi connectivity index (χ4v) is 6.60. The van der Waals surface area contributed by atoms with Gasteiger partial charge in [0.2, 0.25) is 0 Å². The minimum atomic E-state index is -0.788. The number of carbonyl (C=O) groups excluding carboxylic acids is 5. The Morgan fingerprint density at radius 3 is 1.98 bits per heavy atom. The maximum atomic E-state index is 13.7. The van der Waals surface area contributed by atoms with Crippen molar-refractivity contribution in [3.63, 3.8) is 0 Å². The van der Waals surface area contributed by atoms with Gasteiger partial charge in [-0.15, -0.1) is 0 Å². The number of rotatable bonds is 8. The van der Waals surface area contributed by atoms with Crippen molar-refractivity contribution in [3.8, 4) is 5.75 Å². The lowest BCUT2D eigenvalue weighted by molar-refractivity contribution is -0.384. The molecule has 0 radical (unpaired) electrons. The Hall–Kier alpha value is -3.94. The molecule has 5 rings (SSSR count). The number of esters is 1. The van der Waals surface area contributed by atoms with E-state index >= 15 is 0 Å². The Balaban J connectivity index is 1.36. The van der Waals surface area contributed by atoms with E-state index in [0.29, 0.717) is 12.8 Å². The molecule has 0 aromatic heterocycles. The van der Waals surface area contributed by atoms with Crippen LogP contribution in [0.25, 0.3) is 0 Å². The van der Waals surface area contributed by atoms with Crippen LogP contribution in [0.1, 0.15) is 43.9 Å². The number of carbonyl (C=O) groups is 5. The normalized spacial score (nSPS) is 21.0. The smallest absolute Gasteiger partial charge is 0.343 e. The summed E-state index contributed by atoms with van der Waals surface area (Å²) in [6.07, 6.45) is 0.758. The minimum Gasteiger partial charge on any atom is -0.423 e. The Labute approximate surface area is 272 Å². The predicted octanol–water partition coefficient (Wildman–Crippen LogP) is 5.63. The summed E-state index contributed by atoms with van der Waals surface area (Å²) in [4.78, 5) is 76.9. The van der Waals surface area contributed by atoms with Gasteiger partial charge in [-0.25, -0.2) is 9.80 Å². The second kappa shape index (κ2) is 13.0. The molecule has 2 fully saturated rings. The van der Waals surface area contributed by atoms with Gasteiger partial charge in [-0.1, -0.05) is 55.6 Å². The van der Waals surface area contributed by atoms with E-state index in [1.54, 1.807) is 12.1 Å². The number of hydrazine groups is 1. The zero-order chi connectivity index (χ0) is 31.7. The number of non-ortho nitro benzene ring substituents is 1. The number of imide groups is 1. The van der Waals surface area contributed by atoms with E-state index in [9.17, 15) is 34.1 Å². The van der Waals surface area contributed by atoms with Crippen LogP contribution < -0.4 is 4.74 Å². The molecule has 0 N–H and O–H groups in total. The number of Topliss-reactive ketones (excluding diaryl/α,β-unsaturated/α-hetero) is 1. The van der Waals surface area contributed by atoms with Crippen LogP contribution in [0.3, 0.4) is 0 Å². The van der Waals surface area contributed by atoms with Crippen molar-refractivity contribution in [3.05, 3.63) is 105 Å². The molecule has 3 aromatic carbocycles. The first-order valence-corrected chi connectivity index (χ1v) is 15.5. The number of ether oxygens (including phenoxy) is 1. The van der Waals surface area contributed by atoms with E-state index in [4.69, 9.17) is 16.3 Å². The predicted molar refractivity (Wildman–Crippen MR) is 165 cm³/mol. The Bertz CT molecular complexity index is 1640. The molecule has 1 heterocycles. The highest BCUT2D eigenvalue weighted by atomic mass is 79.9. The fourth-order valence-electron chi connectivity index (χ4n) is 5.14. The lowest BCUT2D eigenvalue weighted by Gasteiger charge is -2.30. The highest BCUT2D eigenvalue weighted by molar-refractivity contribution is 9.12. The number of benzene rings is 3. The molecule has 11 nitrogen and oxygen atoms in total. The number of hydrogen-bond donors (Lipinski definition) is 0. The third-order valence-corrected chi connectivity index (χ3v) is 10.5. The molecule has 0 unspecified atom stereocenters. The van der Waals surface area contributed by atoms with Crippen LogP contribution in [0.4, 0.5) is 5.69 Å². The highest BCUT2D eigenvalue weighted by Gasteiger charge is 2.54. The number of fused-ring (bicyclic) bond motifs is 1. The molecule has 0 spiro atoms. The molecule has 1 aliphatic carbocycles. The first kappa shape index (κ1) is 31.5. The van der Waals surface area contributed by atoms with Gasteiger partial charge in [0.05, 0.1) is 32.9 Å². The quantitative estimate of drug-likeness (QED) is 0.0549. The monoisotopic (exact) mass is 745 g/mol. The Kier molecular flexibility index (Phi) is 9.28. The zero-order valence-electron chi connectivity index (χ0n) is 22.6. The lowest BCUT2D eigenvalue weighted by Crippen LogP contribution is -2.52. The summed E-state index contributed by atoms with van der Waals surface area (Å²) in [6, 6.07) is 16.5. The second-order valence-electron chi connectivity index (χ2n) is 10.2. The number of nitro groups is 1. The van der Waals surface area contributed by atoms with E-state index in [1.165, 1.54) is 60.7 Å². The van der Waals surface area contributed by atoms with Gasteiger partial charge in [0.1, 0.15) is 12.3 Å². The van der Waals surface area contributed by atoms with Crippen LogP contribution in [0.5, 0.6) is 5.75 Å². The molecule has 226 valence electrons.